The Bertz CT molecular complexity index is 394. The maximum atomic E-state index is 11.6. The number of halogens is 1. The summed E-state index contributed by atoms with van der Waals surface area (Å²) in [5.41, 5.74) is 1.17. The number of hydrogen-bond donors (Lipinski definition) is 1. The van der Waals surface area contributed by atoms with Crippen LogP contribution in [0.4, 0.5) is 0 Å². The Morgan fingerprint density at radius 1 is 1.44 bits per heavy atom. The summed E-state index contributed by atoms with van der Waals surface area (Å²) in [5, 5.41) is 3.24. The zero-order chi connectivity index (χ0) is 11.5. The molecule has 3 nitrogen and oxygen atoms in total. The van der Waals surface area contributed by atoms with Crippen LogP contribution in [0, 0.1) is 5.92 Å². The molecule has 2 unspecified atom stereocenters. The van der Waals surface area contributed by atoms with Crippen molar-refractivity contribution in [2.45, 2.75) is 5.92 Å². The van der Waals surface area contributed by atoms with E-state index in [0.717, 1.165) is 11.0 Å². The third-order valence-corrected chi connectivity index (χ3v) is 3.75. The maximum Gasteiger partial charge on any atom is 0.310 e. The summed E-state index contributed by atoms with van der Waals surface area (Å²) in [6.07, 6.45) is 0. The molecule has 1 aliphatic rings. The molecule has 2 atom stereocenters. The number of rotatable bonds is 2. The fraction of sp³-hybridized carbons (Fsp3) is 0.417. The van der Waals surface area contributed by atoms with E-state index in [-0.39, 0.29) is 17.8 Å². The SMILES string of the molecule is COC(=O)C1CNCC1c1ccccc1Br. The first-order chi connectivity index (χ1) is 7.74. The zero-order valence-electron chi connectivity index (χ0n) is 9.07. The molecule has 1 fully saturated rings. The lowest BCUT2D eigenvalue weighted by atomic mass is 9.89. The topological polar surface area (TPSA) is 38.3 Å². The quantitative estimate of drug-likeness (QED) is 0.843. The monoisotopic (exact) mass is 283 g/mol. The number of carbonyl (C=O) groups is 1. The van der Waals surface area contributed by atoms with Crippen molar-refractivity contribution in [3.05, 3.63) is 34.3 Å². The summed E-state index contributed by atoms with van der Waals surface area (Å²) in [7, 11) is 1.44. The van der Waals surface area contributed by atoms with Crippen LogP contribution < -0.4 is 5.32 Å². The van der Waals surface area contributed by atoms with Gasteiger partial charge in [-0.2, -0.15) is 0 Å². The van der Waals surface area contributed by atoms with Gasteiger partial charge in [-0.05, 0) is 11.6 Å². The van der Waals surface area contributed by atoms with Crippen molar-refractivity contribution in [2.24, 2.45) is 5.92 Å². The predicted molar refractivity (Wildman–Crippen MR) is 65.3 cm³/mol. The first-order valence-electron chi connectivity index (χ1n) is 5.27. The Morgan fingerprint density at radius 3 is 2.88 bits per heavy atom. The standard InChI is InChI=1S/C12H14BrNO2/c1-16-12(15)10-7-14-6-9(10)8-4-2-3-5-11(8)13/h2-5,9-10,14H,6-7H2,1H3. The Balaban J connectivity index is 2.27. The molecule has 0 spiro atoms. The zero-order valence-corrected chi connectivity index (χ0v) is 10.7. The van der Waals surface area contributed by atoms with E-state index in [1.54, 1.807) is 0 Å². The molecule has 1 aromatic rings. The minimum absolute atomic E-state index is 0.0799. The van der Waals surface area contributed by atoms with Gasteiger partial charge in [-0.1, -0.05) is 34.1 Å². The molecular formula is C12H14BrNO2. The van der Waals surface area contributed by atoms with Crippen molar-refractivity contribution in [3.8, 4) is 0 Å². The highest BCUT2D eigenvalue weighted by Crippen LogP contribution is 2.33. The summed E-state index contributed by atoms with van der Waals surface area (Å²) in [6, 6.07) is 8.02. The second-order valence-corrected chi connectivity index (χ2v) is 4.77. The number of nitrogens with one attached hydrogen (secondary N) is 1. The number of benzene rings is 1. The molecule has 4 heteroatoms. The van der Waals surface area contributed by atoms with Crippen LogP contribution >= 0.6 is 15.9 Å². The molecule has 16 heavy (non-hydrogen) atoms. The van der Waals surface area contributed by atoms with E-state index in [9.17, 15) is 4.79 Å². The van der Waals surface area contributed by atoms with Crippen LogP contribution in [0.15, 0.2) is 28.7 Å². The molecule has 0 aliphatic carbocycles. The largest absolute Gasteiger partial charge is 0.469 e. The highest BCUT2D eigenvalue weighted by atomic mass is 79.9. The van der Waals surface area contributed by atoms with Crippen LogP contribution in [0.5, 0.6) is 0 Å². The molecule has 1 N–H and O–H groups in total. The van der Waals surface area contributed by atoms with Crippen molar-refractivity contribution in [1.29, 1.82) is 0 Å². The van der Waals surface area contributed by atoms with Gasteiger partial charge in [0.05, 0.1) is 13.0 Å². The van der Waals surface area contributed by atoms with Gasteiger partial charge < -0.3 is 10.1 Å². The van der Waals surface area contributed by atoms with E-state index in [0.29, 0.717) is 6.54 Å². The summed E-state index contributed by atoms with van der Waals surface area (Å²) in [6.45, 7) is 1.51. The third-order valence-electron chi connectivity index (χ3n) is 3.02. The Kier molecular flexibility index (Phi) is 3.61. The summed E-state index contributed by atoms with van der Waals surface area (Å²) in [4.78, 5) is 11.6. The minimum atomic E-state index is -0.134. The molecule has 0 saturated carbocycles. The highest BCUT2D eigenvalue weighted by molar-refractivity contribution is 9.10. The molecule has 0 radical (unpaired) electrons. The minimum Gasteiger partial charge on any atom is -0.469 e. The first-order valence-corrected chi connectivity index (χ1v) is 6.06. The lowest BCUT2D eigenvalue weighted by Gasteiger charge is -2.17. The number of ether oxygens (including phenoxy) is 1. The Morgan fingerprint density at radius 2 is 2.19 bits per heavy atom. The van der Waals surface area contributed by atoms with Crippen molar-refractivity contribution in [1.82, 2.24) is 5.32 Å². The van der Waals surface area contributed by atoms with E-state index in [1.807, 2.05) is 18.2 Å². The second kappa shape index (κ2) is 4.97. The maximum absolute atomic E-state index is 11.6. The van der Waals surface area contributed by atoms with Crippen molar-refractivity contribution in [3.63, 3.8) is 0 Å². The van der Waals surface area contributed by atoms with E-state index >= 15 is 0 Å². The molecular weight excluding hydrogens is 270 g/mol. The summed E-state index contributed by atoms with van der Waals surface area (Å²) >= 11 is 3.52. The van der Waals surface area contributed by atoms with Gasteiger partial charge in [0.2, 0.25) is 0 Å². The number of hydrogen-bond acceptors (Lipinski definition) is 3. The van der Waals surface area contributed by atoms with Crippen LogP contribution in [0.1, 0.15) is 11.5 Å². The smallest absolute Gasteiger partial charge is 0.310 e. The predicted octanol–water partition coefficient (Wildman–Crippen LogP) is 1.93. The summed E-state index contributed by atoms with van der Waals surface area (Å²) in [5.74, 6) is -0.0162. The molecule has 2 rings (SSSR count). The van der Waals surface area contributed by atoms with Gasteiger partial charge in [-0.15, -0.1) is 0 Å². The molecule has 1 heterocycles. The molecule has 1 saturated heterocycles. The van der Waals surface area contributed by atoms with Crippen molar-refractivity contribution < 1.29 is 9.53 Å². The van der Waals surface area contributed by atoms with Crippen LogP contribution in [-0.4, -0.2) is 26.2 Å². The fourth-order valence-corrected chi connectivity index (χ4v) is 2.76. The van der Waals surface area contributed by atoms with Gasteiger partial charge in [0.1, 0.15) is 0 Å². The lowest BCUT2D eigenvalue weighted by Crippen LogP contribution is -2.23. The van der Waals surface area contributed by atoms with Gasteiger partial charge in [-0.3, -0.25) is 4.79 Å². The van der Waals surface area contributed by atoms with Crippen molar-refractivity contribution >= 4 is 21.9 Å². The number of methoxy groups -OCH3 is 1. The molecule has 1 aliphatic heterocycles. The van der Waals surface area contributed by atoms with Gasteiger partial charge >= 0.3 is 5.97 Å². The van der Waals surface area contributed by atoms with Crippen LogP contribution in [0.3, 0.4) is 0 Å². The van der Waals surface area contributed by atoms with Crippen LogP contribution in [-0.2, 0) is 9.53 Å². The first kappa shape index (κ1) is 11.6. The molecule has 86 valence electrons. The number of esters is 1. The van der Waals surface area contributed by atoms with E-state index in [2.05, 4.69) is 27.3 Å². The normalized spacial score (nSPS) is 24.4. The van der Waals surface area contributed by atoms with Gasteiger partial charge in [0.25, 0.3) is 0 Å². The van der Waals surface area contributed by atoms with Gasteiger partial charge in [0.15, 0.2) is 0 Å². The molecule has 0 aromatic heterocycles. The molecule has 0 bridgehead atoms. The van der Waals surface area contributed by atoms with Crippen LogP contribution in [0.2, 0.25) is 0 Å². The highest BCUT2D eigenvalue weighted by Gasteiger charge is 2.35. The Hall–Kier alpha value is -0.870. The Labute approximate surface area is 103 Å². The van der Waals surface area contributed by atoms with Gasteiger partial charge in [0, 0.05) is 23.5 Å². The van der Waals surface area contributed by atoms with Crippen LogP contribution in [0.25, 0.3) is 0 Å². The third kappa shape index (κ3) is 2.13. The van der Waals surface area contributed by atoms with E-state index in [1.165, 1.54) is 12.7 Å². The van der Waals surface area contributed by atoms with Crippen molar-refractivity contribution in [2.75, 3.05) is 20.2 Å². The fourth-order valence-electron chi connectivity index (χ4n) is 2.18. The lowest BCUT2D eigenvalue weighted by molar-refractivity contribution is -0.145. The summed E-state index contributed by atoms with van der Waals surface area (Å²) < 4.78 is 5.88. The number of carbonyl (C=O) groups excluding carboxylic acids is 1. The molecule has 0 amide bonds. The van der Waals surface area contributed by atoms with E-state index < -0.39 is 0 Å². The average Bonchev–Trinajstić information content (AvgIpc) is 2.77. The average molecular weight is 284 g/mol. The van der Waals surface area contributed by atoms with Gasteiger partial charge in [-0.25, -0.2) is 0 Å². The van der Waals surface area contributed by atoms with E-state index in [4.69, 9.17) is 4.74 Å². The second-order valence-electron chi connectivity index (χ2n) is 3.92. The molecule has 1 aromatic carbocycles.